The summed E-state index contributed by atoms with van der Waals surface area (Å²) in [7, 11) is 0. The highest BCUT2D eigenvalue weighted by molar-refractivity contribution is 9.10. The fourth-order valence-corrected chi connectivity index (χ4v) is 2.40. The molecule has 1 N–H and O–H groups in total. The van der Waals surface area contributed by atoms with Crippen LogP contribution >= 0.6 is 15.9 Å². The Labute approximate surface area is 120 Å². The predicted octanol–water partition coefficient (Wildman–Crippen LogP) is 5.92. The number of aryl methyl sites for hydroxylation is 1. The molecule has 0 bridgehead atoms. The zero-order valence-corrected chi connectivity index (χ0v) is 13.4. The minimum Gasteiger partial charge on any atom is -0.385 e. The molecule has 0 spiro atoms. The Morgan fingerprint density at radius 3 is 2.33 bits per heavy atom. The molecule has 0 aromatic heterocycles. The average molecular weight is 312 g/mol. The predicted molar refractivity (Wildman–Crippen MR) is 85.4 cm³/mol. The highest BCUT2D eigenvalue weighted by Gasteiger charge is 1.97. The van der Waals surface area contributed by atoms with Crippen molar-refractivity contribution in [1.82, 2.24) is 0 Å². The first kappa shape index (κ1) is 15.6. The first-order chi connectivity index (χ1) is 8.74. The van der Waals surface area contributed by atoms with Crippen LogP contribution in [0.25, 0.3) is 0 Å². The van der Waals surface area contributed by atoms with E-state index in [1.54, 1.807) is 0 Å². The summed E-state index contributed by atoms with van der Waals surface area (Å²) in [4.78, 5) is 0. The lowest BCUT2D eigenvalue weighted by molar-refractivity contribution is 0.596. The molecule has 18 heavy (non-hydrogen) atoms. The minimum absolute atomic E-state index is 1.09. The minimum atomic E-state index is 1.09. The molecular formula is C16H26BrN. The molecule has 0 aliphatic carbocycles. The molecule has 1 aromatic rings. The topological polar surface area (TPSA) is 12.0 Å². The van der Waals surface area contributed by atoms with Crippen LogP contribution < -0.4 is 5.32 Å². The van der Waals surface area contributed by atoms with E-state index < -0.39 is 0 Å². The summed E-state index contributed by atoms with van der Waals surface area (Å²) in [6.07, 6.45) is 9.57. The van der Waals surface area contributed by atoms with Crippen LogP contribution in [-0.2, 0) is 0 Å². The van der Waals surface area contributed by atoms with Crippen molar-refractivity contribution in [3.05, 3.63) is 28.2 Å². The molecule has 1 nitrogen and oxygen atoms in total. The molecule has 102 valence electrons. The molecule has 0 aliphatic rings. The largest absolute Gasteiger partial charge is 0.385 e. The number of anilines is 1. The van der Waals surface area contributed by atoms with Gasteiger partial charge in [0.1, 0.15) is 0 Å². The van der Waals surface area contributed by atoms with Crippen molar-refractivity contribution in [2.24, 2.45) is 0 Å². The van der Waals surface area contributed by atoms with Crippen LogP contribution in [0, 0.1) is 6.92 Å². The van der Waals surface area contributed by atoms with E-state index in [9.17, 15) is 0 Å². The molecule has 0 unspecified atom stereocenters. The van der Waals surface area contributed by atoms with Crippen molar-refractivity contribution in [1.29, 1.82) is 0 Å². The number of halogens is 1. The zero-order valence-electron chi connectivity index (χ0n) is 11.8. The van der Waals surface area contributed by atoms with Crippen LogP contribution in [0.5, 0.6) is 0 Å². The van der Waals surface area contributed by atoms with E-state index in [0.29, 0.717) is 0 Å². The SMILES string of the molecule is CCCCCCCCCNc1ccc(C)c(Br)c1. The highest BCUT2D eigenvalue weighted by atomic mass is 79.9. The summed E-state index contributed by atoms with van der Waals surface area (Å²) in [6.45, 7) is 5.47. The van der Waals surface area contributed by atoms with Gasteiger partial charge in [-0.1, -0.05) is 67.4 Å². The fourth-order valence-electron chi connectivity index (χ4n) is 2.02. The molecule has 0 saturated heterocycles. The van der Waals surface area contributed by atoms with Gasteiger partial charge in [0.05, 0.1) is 0 Å². The van der Waals surface area contributed by atoms with Crippen LogP contribution in [0.15, 0.2) is 22.7 Å². The first-order valence-electron chi connectivity index (χ1n) is 7.24. The lowest BCUT2D eigenvalue weighted by Gasteiger charge is -2.08. The Kier molecular flexibility index (Phi) is 8.15. The third-order valence-corrected chi connectivity index (χ3v) is 4.14. The number of nitrogens with one attached hydrogen (secondary N) is 1. The van der Waals surface area contributed by atoms with Gasteiger partial charge in [-0.3, -0.25) is 0 Å². The summed E-state index contributed by atoms with van der Waals surface area (Å²) in [5.74, 6) is 0. The van der Waals surface area contributed by atoms with Crippen LogP contribution in [0.3, 0.4) is 0 Å². The summed E-state index contributed by atoms with van der Waals surface area (Å²) in [6, 6.07) is 6.47. The van der Waals surface area contributed by atoms with Crippen LogP contribution in [-0.4, -0.2) is 6.54 Å². The number of rotatable bonds is 9. The summed E-state index contributed by atoms with van der Waals surface area (Å²) >= 11 is 3.56. The van der Waals surface area contributed by atoms with Crippen molar-refractivity contribution in [2.45, 2.75) is 58.8 Å². The lowest BCUT2D eigenvalue weighted by atomic mass is 10.1. The number of hydrogen-bond acceptors (Lipinski definition) is 1. The average Bonchev–Trinajstić information content (AvgIpc) is 2.37. The van der Waals surface area contributed by atoms with Crippen molar-refractivity contribution >= 4 is 21.6 Å². The maximum Gasteiger partial charge on any atom is 0.0351 e. The Bertz CT molecular complexity index is 336. The molecule has 2 heteroatoms. The van der Waals surface area contributed by atoms with E-state index in [-0.39, 0.29) is 0 Å². The smallest absolute Gasteiger partial charge is 0.0351 e. The van der Waals surface area contributed by atoms with Crippen molar-refractivity contribution < 1.29 is 0 Å². The van der Waals surface area contributed by atoms with E-state index in [2.05, 4.69) is 53.3 Å². The fraction of sp³-hybridized carbons (Fsp3) is 0.625. The first-order valence-corrected chi connectivity index (χ1v) is 8.03. The Morgan fingerprint density at radius 2 is 1.67 bits per heavy atom. The van der Waals surface area contributed by atoms with Gasteiger partial charge in [-0.2, -0.15) is 0 Å². The normalized spacial score (nSPS) is 10.6. The summed E-state index contributed by atoms with van der Waals surface area (Å²) in [5, 5.41) is 3.48. The van der Waals surface area contributed by atoms with Gasteiger partial charge in [0.25, 0.3) is 0 Å². The quantitative estimate of drug-likeness (QED) is 0.558. The molecule has 0 radical (unpaired) electrons. The molecule has 1 rings (SSSR count). The summed E-state index contributed by atoms with van der Waals surface area (Å²) in [5.41, 5.74) is 2.51. The Morgan fingerprint density at radius 1 is 1.00 bits per heavy atom. The standard InChI is InChI=1S/C16H26BrN/c1-3-4-5-6-7-8-9-12-18-15-11-10-14(2)16(17)13-15/h10-11,13,18H,3-9,12H2,1-2H3. The molecule has 1 aromatic carbocycles. The van der Waals surface area contributed by atoms with Crippen LogP contribution in [0.2, 0.25) is 0 Å². The van der Waals surface area contributed by atoms with Gasteiger partial charge in [0, 0.05) is 16.7 Å². The van der Waals surface area contributed by atoms with Crippen molar-refractivity contribution in [2.75, 3.05) is 11.9 Å². The Hall–Kier alpha value is -0.500. The second-order valence-corrected chi connectivity index (χ2v) is 5.87. The highest BCUT2D eigenvalue weighted by Crippen LogP contribution is 2.20. The van der Waals surface area contributed by atoms with E-state index in [1.807, 2.05) is 0 Å². The molecular weight excluding hydrogens is 286 g/mol. The van der Waals surface area contributed by atoms with E-state index in [0.717, 1.165) is 6.54 Å². The van der Waals surface area contributed by atoms with Crippen LogP contribution in [0.4, 0.5) is 5.69 Å². The van der Waals surface area contributed by atoms with Crippen molar-refractivity contribution in [3.63, 3.8) is 0 Å². The van der Waals surface area contributed by atoms with Gasteiger partial charge < -0.3 is 5.32 Å². The molecule has 0 fully saturated rings. The third kappa shape index (κ3) is 6.44. The van der Waals surface area contributed by atoms with E-state index >= 15 is 0 Å². The number of unbranched alkanes of at least 4 members (excludes halogenated alkanes) is 6. The zero-order chi connectivity index (χ0) is 13.2. The van der Waals surface area contributed by atoms with Gasteiger partial charge in [0.2, 0.25) is 0 Å². The molecule has 0 heterocycles. The van der Waals surface area contributed by atoms with Gasteiger partial charge in [-0.05, 0) is 31.0 Å². The molecule has 0 amide bonds. The number of benzene rings is 1. The van der Waals surface area contributed by atoms with Gasteiger partial charge in [-0.15, -0.1) is 0 Å². The monoisotopic (exact) mass is 311 g/mol. The van der Waals surface area contributed by atoms with Gasteiger partial charge in [-0.25, -0.2) is 0 Å². The van der Waals surface area contributed by atoms with Crippen molar-refractivity contribution in [3.8, 4) is 0 Å². The maximum atomic E-state index is 3.56. The van der Waals surface area contributed by atoms with Gasteiger partial charge in [0.15, 0.2) is 0 Å². The second kappa shape index (κ2) is 9.43. The second-order valence-electron chi connectivity index (χ2n) is 5.01. The van der Waals surface area contributed by atoms with Crippen LogP contribution in [0.1, 0.15) is 57.4 Å². The van der Waals surface area contributed by atoms with E-state index in [4.69, 9.17) is 0 Å². The molecule has 0 aliphatic heterocycles. The molecule has 0 saturated carbocycles. The Balaban J connectivity index is 2.05. The lowest BCUT2D eigenvalue weighted by Crippen LogP contribution is -2.01. The van der Waals surface area contributed by atoms with Gasteiger partial charge >= 0.3 is 0 Å². The number of hydrogen-bond donors (Lipinski definition) is 1. The maximum absolute atomic E-state index is 3.56. The molecule has 0 atom stereocenters. The third-order valence-electron chi connectivity index (χ3n) is 3.28. The van der Waals surface area contributed by atoms with E-state index in [1.165, 1.54) is 60.7 Å². The summed E-state index contributed by atoms with van der Waals surface area (Å²) < 4.78 is 1.19.